The highest BCUT2D eigenvalue weighted by Gasteiger charge is 2.39. The van der Waals surface area contributed by atoms with Gasteiger partial charge in [0.05, 0.1) is 25.8 Å². The molecule has 2 atom stereocenters. The van der Waals surface area contributed by atoms with Crippen LogP contribution in [0.1, 0.15) is 48.9 Å². The molecule has 2 fully saturated rings. The predicted octanol–water partition coefficient (Wildman–Crippen LogP) is 3.60. The third-order valence-electron chi connectivity index (χ3n) is 7.29. The van der Waals surface area contributed by atoms with Gasteiger partial charge in [-0.1, -0.05) is 19.1 Å². The number of hydrogen-bond donors (Lipinski definition) is 0. The zero-order valence-electron chi connectivity index (χ0n) is 18.2. The van der Waals surface area contributed by atoms with E-state index in [1.54, 1.807) is 0 Å². The number of morpholine rings is 1. The highest BCUT2D eigenvalue weighted by Crippen LogP contribution is 2.45. The van der Waals surface area contributed by atoms with Crippen molar-refractivity contribution in [3.8, 4) is 0 Å². The van der Waals surface area contributed by atoms with E-state index in [-0.39, 0.29) is 6.09 Å². The summed E-state index contributed by atoms with van der Waals surface area (Å²) in [5, 5.41) is 1.31. The van der Waals surface area contributed by atoms with E-state index < -0.39 is 0 Å². The molecule has 0 N–H and O–H groups in total. The minimum absolute atomic E-state index is 0.276. The summed E-state index contributed by atoms with van der Waals surface area (Å²) in [6, 6.07) is 7.06. The van der Waals surface area contributed by atoms with Crippen molar-refractivity contribution >= 4 is 17.0 Å². The lowest BCUT2D eigenvalue weighted by Crippen LogP contribution is -2.47. The molecule has 0 bridgehead atoms. The Morgan fingerprint density at radius 1 is 1.23 bits per heavy atom. The molecular formula is C24H33N3O3. The smallest absolute Gasteiger partial charge is 0.418 e. The van der Waals surface area contributed by atoms with Crippen LogP contribution in [-0.2, 0) is 22.4 Å². The second kappa shape index (κ2) is 8.33. The van der Waals surface area contributed by atoms with Crippen LogP contribution in [0.15, 0.2) is 18.2 Å². The van der Waals surface area contributed by atoms with E-state index in [9.17, 15) is 4.79 Å². The lowest BCUT2D eigenvalue weighted by molar-refractivity contribution is 0.0330. The first-order chi connectivity index (χ1) is 14.7. The van der Waals surface area contributed by atoms with E-state index in [2.05, 4.69) is 34.9 Å². The molecular weight excluding hydrogens is 378 g/mol. The van der Waals surface area contributed by atoms with Gasteiger partial charge in [0, 0.05) is 42.7 Å². The Kier molecular flexibility index (Phi) is 5.56. The van der Waals surface area contributed by atoms with Crippen molar-refractivity contribution in [2.75, 3.05) is 46.5 Å². The van der Waals surface area contributed by atoms with Crippen LogP contribution in [0.5, 0.6) is 0 Å². The summed E-state index contributed by atoms with van der Waals surface area (Å²) < 4.78 is 12.6. The van der Waals surface area contributed by atoms with Crippen LogP contribution in [-0.4, -0.2) is 73.0 Å². The number of hydrogen-bond acceptors (Lipinski definition) is 5. The SMILES string of the molecule is CCCN1CCC[C@@H]2c3cccc4c3c(c(CN3CCOCC3)n4C(=O)OC)C[C@H]21. The maximum atomic E-state index is 12.9. The molecule has 2 aromatic rings. The molecule has 6 nitrogen and oxygen atoms in total. The van der Waals surface area contributed by atoms with Crippen LogP contribution < -0.4 is 0 Å². The Hall–Kier alpha value is -1.89. The second-order valence-electron chi connectivity index (χ2n) is 8.92. The molecule has 0 saturated carbocycles. The Morgan fingerprint density at radius 2 is 2.07 bits per heavy atom. The summed E-state index contributed by atoms with van der Waals surface area (Å²) in [6.07, 6.45) is 4.44. The minimum atomic E-state index is -0.276. The first-order valence-electron chi connectivity index (χ1n) is 11.5. The zero-order valence-corrected chi connectivity index (χ0v) is 18.2. The molecule has 30 heavy (non-hydrogen) atoms. The molecule has 1 aromatic heterocycles. The van der Waals surface area contributed by atoms with Gasteiger partial charge in [-0.2, -0.15) is 0 Å². The molecule has 0 amide bonds. The maximum Gasteiger partial charge on any atom is 0.418 e. The third kappa shape index (κ3) is 3.26. The number of methoxy groups -OCH3 is 1. The molecule has 6 heteroatoms. The number of likely N-dealkylation sites (tertiary alicyclic amines) is 1. The van der Waals surface area contributed by atoms with Gasteiger partial charge in [-0.15, -0.1) is 0 Å². The molecule has 3 heterocycles. The summed E-state index contributed by atoms with van der Waals surface area (Å²) in [6.45, 7) is 8.72. The molecule has 0 unspecified atom stereocenters. The molecule has 0 radical (unpaired) electrons. The summed E-state index contributed by atoms with van der Waals surface area (Å²) in [5.41, 5.74) is 4.93. The Bertz CT molecular complexity index is 929. The molecule has 2 saturated heterocycles. The number of carbonyl (C=O) groups excluding carboxylic acids is 1. The van der Waals surface area contributed by atoms with Gasteiger partial charge in [-0.05, 0) is 56.0 Å². The van der Waals surface area contributed by atoms with Crippen molar-refractivity contribution in [3.05, 3.63) is 35.0 Å². The van der Waals surface area contributed by atoms with Gasteiger partial charge in [-0.3, -0.25) is 9.80 Å². The fourth-order valence-corrected chi connectivity index (χ4v) is 6.00. The number of ether oxygens (including phenoxy) is 2. The summed E-state index contributed by atoms with van der Waals surface area (Å²) in [7, 11) is 1.48. The van der Waals surface area contributed by atoms with Crippen molar-refractivity contribution in [1.82, 2.24) is 14.4 Å². The van der Waals surface area contributed by atoms with E-state index in [4.69, 9.17) is 9.47 Å². The number of nitrogens with zero attached hydrogens (tertiary/aromatic N) is 3. The maximum absolute atomic E-state index is 12.9. The highest BCUT2D eigenvalue weighted by molar-refractivity contribution is 5.96. The molecule has 3 aliphatic rings. The number of fused-ring (bicyclic) bond motifs is 2. The normalized spacial score (nSPS) is 24.7. The largest absolute Gasteiger partial charge is 0.452 e. The standard InChI is InChI=1S/C24H33N3O3/c1-3-9-26-10-5-7-17-18-6-4-8-20-23(18)19(15-21(17)26)22(27(20)24(28)29-2)16-25-11-13-30-14-12-25/h4,6,8,17,21H,3,5,7,9-16H2,1-2H3/t17-,21-/m1/s1. The molecule has 2 aliphatic heterocycles. The third-order valence-corrected chi connectivity index (χ3v) is 7.29. The van der Waals surface area contributed by atoms with Crippen LogP contribution in [0, 0.1) is 0 Å². The number of benzene rings is 1. The fourth-order valence-electron chi connectivity index (χ4n) is 6.00. The number of piperidine rings is 1. The van der Waals surface area contributed by atoms with E-state index in [0.717, 1.165) is 57.0 Å². The monoisotopic (exact) mass is 411 g/mol. The summed E-state index contributed by atoms with van der Waals surface area (Å²) in [5.74, 6) is 0.561. The van der Waals surface area contributed by atoms with Crippen molar-refractivity contribution < 1.29 is 14.3 Å². The lowest BCUT2D eigenvalue weighted by atomic mass is 9.74. The van der Waals surface area contributed by atoms with E-state index in [0.29, 0.717) is 12.0 Å². The zero-order chi connectivity index (χ0) is 20.7. The van der Waals surface area contributed by atoms with Gasteiger partial charge >= 0.3 is 6.09 Å². The molecule has 1 aliphatic carbocycles. The summed E-state index contributed by atoms with van der Waals surface area (Å²) in [4.78, 5) is 18.0. The van der Waals surface area contributed by atoms with Crippen molar-refractivity contribution in [1.29, 1.82) is 0 Å². The van der Waals surface area contributed by atoms with Crippen LogP contribution in [0.3, 0.4) is 0 Å². The first-order valence-corrected chi connectivity index (χ1v) is 11.5. The predicted molar refractivity (Wildman–Crippen MR) is 117 cm³/mol. The quantitative estimate of drug-likeness (QED) is 0.769. The van der Waals surface area contributed by atoms with Crippen molar-refractivity contribution in [2.45, 2.75) is 51.1 Å². The van der Waals surface area contributed by atoms with Gasteiger partial charge in [0.1, 0.15) is 0 Å². The van der Waals surface area contributed by atoms with Crippen LogP contribution in [0.2, 0.25) is 0 Å². The van der Waals surface area contributed by atoms with E-state index in [1.165, 1.54) is 49.4 Å². The van der Waals surface area contributed by atoms with Gasteiger partial charge in [0.25, 0.3) is 0 Å². The number of aromatic nitrogens is 1. The van der Waals surface area contributed by atoms with Crippen molar-refractivity contribution in [2.24, 2.45) is 0 Å². The highest BCUT2D eigenvalue weighted by atomic mass is 16.5. The summed E-state index contributed by atoms with van der Waals surface area (Å²) >= 11 is 0. The average Bonchev–Trinajstić information content (AvgIpc) is 3.09. The first kappa shape index (κ1) is 20.0. The number of carbonyl (C=O) groups is 1. The molecule has 0 spiro atoms. The topological polar surface area (TPSA) is 46.9 Å². The minimum Gasteiger partial charge on any atom is -0.452 e. The Balaban J connectivity index is 1.65. The Labute approximate surface area is 178 Å². The van der Waals surface area contributed by atoms with Gasteiger partial charge in [0.15, 0.2) is 0 Å². The van der Waals surface area contributed by atoms with Gasteiger partial charge in [-0.25, -0.2) is 9.36 Å². The van der Waals surface area contributed by atoms with Crippen molar-refractivity contribution in [3.63, 3.8) is 0 Å². The molecule has 162 valence electrons. The lowest BCUT2D eigenvalue weighted by Gasteiger charge is -2.44. The molecule has 1 aromatic carbocycles. The van der Waals surface area contributed by atoms with Crippen LogP contribution >= 0.6 is 0 Å². The molecule has 5 rings (SSSR count). The second-order valence-corrected chi connectivity index (χ2v) is 8.92. The van der Waals surface area contributed by atoms with Crippen LogP contribution in [0.4, 0.5) is 4.79 Å². The van der Waals surface area contributed by atoms with Gasteiger partial charge < -0.3 is 9.47 Å². The fraction of sp³-hybridized carbons (Fsp3) is 0.625. The average molecular weight is 412 g/mol. The Morgan fingerprint density at radius 3 is 2.83 bits per heavy atom. The van der Waals surface area contributed by atoms with Crippen LogP contribution in [0.25, 0.3) is 10.9 Å². The van der Waals surface area contributed by atoms with E-state index >= 15 is 0 Å². The number of rotatable bonds is 4. The van der Waals surface area contributed by atoms with E-state index in [1.807, 2.05) is 4.57 Å². The van der Waals surface area contributed by atoms with Gasteiger partial charge in [0.2, 0.25) is 0 Å².